The van der Waals surface area contributed by atoms with Crippen LogP contribution in [0.2, 0.25) is 0 Å². The molecule has 0 aromatic carbocycles. The molecule has 1 atom stereocenters. The smallest absolute Gasteiger partial charge is 0.410 e. The number of rotatable bonds is 5. The fourth-order valence-electron chi connectivity index (χ4n) is 2.93. The average molecular weight is 348 g/mol. The molecule has 2 rings (SSSR count). The standard InChI is InChI=1S/C19H32N4O2/c1-19(2,3)25-18(24)23-10-6-7-16(14-23)12-20-11-15-8-9-17(21-13-15)22(4)5/h8-9,13,16,20H,6-7,10-12,14H2,1-5H3. The van der Waals surface area contributed by atoms with Gasteiger partial charge in [0.2, 0.25) is 0 Å². The molecule has 25 heavy (non-hydrogen) atoms. The molecule has 1 aromatic heterocycles. The summed E-state index contributed by atoms with van der Waals surface area (Å²) in [5.74, 6) is 1.43. The summed E-state index contributed by atoms with van der Waals surface area (Å²) >= 11 is 0. The molecule has 0 radical (unpaired) electrons. The van der Waals surface area contributed by atoms with Gasteiger partial charge in [0.1, 0.15) is 11.4 Å². The quantitative estimate of drug-likeness (QED) is 0.887. The zero-order chi connectivity index (χ0) is 18.4. The van der Waals surface area contributed by atoms with Crippen LogP contribution >= 0.6 is 0 Å². The van der Waals surface area contributed by atoms with Crippen LogP contribution in [0.15, 0.2) is 18.3 Å². The van der Waals surface area contributed by atoms with Gasteiger partial charge in [0, 0.05) is 39.9 Å². The minimum Gasteiger partial charge on any atom is -0.444 e. The summed E-state index contributed by atoms with van der Waals surface area (Å²) in [5, 5.41) is 3.50. The molecule has 1 aliphatic rings. The Hall–Kier alpha value is -1.82. The summed E-state index contributed by atoms with van der Waals surface area (Å²) in [6.07, 6.45) is 3.89. The first-order valence-corrected chi connectivity index (χ1v) is 9.05. The van der Waals surface area contributed by atoms with Gasteiger partial charge in [-0.15, -0.1) is 0 Å². The summed E-state index contributed by atoms with van der Waals surface area (Å²) < 4.78 is 5.48. The van der Waals surface area contributed by atoms with Crippen LogP contribution in [0.3, 0.4) is 0 Å². The van der Waals surface area contributed by atoms with Crippen LogP contribution in [-0.4, -0.2) is 55.3 Å². The number of hydrogen-bond acceptors (Lipinski definition) is 5. The first-order valence-electron chi connectivity index (χ1n) is 9.05. The molecule has 0 spiro atoms. The summed E-state index contributed by atoms with van der Waals surface area (Å²) in [6.45, 7) is 8.97. The van der Waals surface area contributed by atoms with Gasteiger partial charge in [-0.3, -0.25) is 0 Å². The van der Waals surface area contributed by atoms with Crippen molar-refractivity contribution in [1.82, 2.24) is 15.2 Å². The van der Waals surface area contributed by atoms with E-state index in [1.807, 2.05) is 56.9 Å². The van der Waals surface area contributed by atoms with Crippen LogP contribution in [0.1, 0.15) is 39.2 Å². The summed E-state index contributed by atoms with van der Waals surface area (Å²) in [5.41, 5.74) is 0.735. The Morgan fingerprint density at radius 2 is 2.16 bits per heavy atom. The third kappa shape index (κ3) is 6.53. The van der Waals surface area contributed by atoms with Crippen molar-refractivity contribution in [1.29, 1.82) is 0 Å². The Balaban J connectivity index is 1.76. The number of aromatic nitrogens is 1. The van der Waals surface area contributed by atoms with Crippen LogP contribution in [0.4, 0.5) is 10.6 Å². The third-order valence-corrected chi connectivity index (χ3v) is 4.20. The number of carbonyl (C=O) groups excluding carboxylic acids is 1. The Kier molecular flexibility index (Phi) is 6.64. The lowest BCUT2D eigenvalue weighted by molar-refractivity contribution is 0.0166. The SMILES string of the molecule is CN(C)c1ccc(CNCC2CCCN(C(=O)OC(C)(C)C)C2)cn1. The molecule has 1 aromatic rings. The second-order valence-electron chi connectivity index (χ2n) is 7.98. The highest BCUT2D eigenvalue weighted by molar-refractivity contribution is 5.68. The molecule has 1 saturated heterocycles. The van der Waals surface area contributed by atoms with Crippen molar-refractivity contribution in [2.75, 3.05) is 38.6 Å². The molecule has 0 aliphatic carbocycles. The van der Waals surface area contributed by atoms with Gasteiger partial charge in [0.25, 0.3) is 0 Å². The number of ether oxygens (including phenoxy) is 1. The van der Waals surface area contributed by atoms with Crippen molar-refractivity contribution in [3.8, 4) is 0 Å². The Labute approximate surface area is 151 Å². The van der Waals surface area contributed by atoms with Crippen LogP contribution in [0.5, 0.6) is 0 Å². The van der Waals surface area contributed by atoms with Crippen molar-refractivity contribution in [3.63, 3.8) is 0 Å². The Morgan fingerprint density at radius 3 is 2.76 bits per heavy atom. The number of hydrogen-bond donors (Lipinski definition) is 1. The summed E-state index contributed by atoms with van der Waals surface area (Å²) in [6, 6.07) is 4.13. The van der Waals surface area contributed by atoms with E-state index in [4.69, 9.17) is 4.74 Å². The number of pyridine rings is 1. The number of amides is 1. The largest absolute Gasteiger partial charge is 0.444 e. The molecule has 1 amide bonds. The van der Waals surface area contributed by atoms with Gasteiger partial charge in [-0.1, -0.05) is 6.07 Å². The van der Waals surface area contributed by atoms with Gasteiger partial charge in [0.15, 0.2) is 0 Å². The molecular weight excluding hydrogens is 316 g/mol. The van der Waals surface area contributed by atoms with Crippen molar-refractivity contribution >= 4 is 11.9 Å². The summed E-state index contributed by atoms with van der Waals surface area (Å²) in [4.78, 5) is 20.5. The third-order valence-electron chi connectivity index (χ3n) is 4.20. The lowest BCUT2D eigenvalue weighted by Crippen LogP contribution is -2.45. The fourth-order valence-corrected chi connectivity index (χ4v) is 2.93. The number of nitrogens with one attached hydrogen (secondary N) is 1. The zero-order valence-electron chi connectivity index (χ0n) is 16.2. The van der Waals surface area contributed by atoms with E-state index >= 15 is 0 Å². The van der Waals surface area contributed by atoms with E-state index in [2.05, 4.69) is 16.4 Å². The minimum absolute atomic E-state index is 0.194. The maximum absolute atomic E-state index is 12.2. The highest BCUT2D eigenvalue weighted by Crippen LogP contribution is 2.19. The van der Waals surface area contributed by atoms with Gasteiger partial charge in [0.05, 0.1) is 0 Å². The molecule has 1 fully saturated rings. The van der Waals surface area contributed by atoms with Crippen molar-refractivity contribution in [2.24, 2.45) is 5.92 Å². The molecule has 140 valence electrons. The van der Waals surface area contributed by atoms with Gasteiger partial charge in [-0.2, -0.15) is 0 Å². The number of piperidine rings is 1. The first-order chi connectivity index (χ1) is 11.7. The molecule has 1 aliphatic heterocycles. The van der Waals surface area contributed by atoms with E-state index in [-0.39, 0.29) is 6.09 Å². The number of anilines is 1. The van der Waals surface area contributed by atoms with Crippen molar-refractivity contribution < 1.29 is 9.53 Å². The lowest BCUT2D eigenvalue weighted by atomic mass is 9.98. The first kappa shape index (κ1) is 19.5. The molecule has 0 bridgehead atoms. The highest BCUT2D eigenvalue weighted by atomic mass is 16.6. The van der Waals surface area contributed by atoms with E-state index in [1.165, 1.54) is 5.56 Å². The Bertz CT molecular complexity index is 552. The van der Waals surface area contributed by atoms with Crippen LogP contribution < -0.4 is 10.2 Å². The van der Waals surface area contributed by atoms with Crippen LogP contribution in [0, 0.1) is 5.92 Å². The molecule has 1 N–H and O–H groups in total. The fraction of sp³-hybridized carbons (Fsp3) is 0.684. The van der Waals surface area contributed by atoms with Gasteiger partial charge in [-0.25, -0.2) is 9.78 Å². The molecule has 6 nitrogen and oxygen atoms in total. The minimum atomic E-state index is -0.437. The molecular formula is C19H32N4O2. The maximum Gasteiger partial charge on any atom is 0.410 e. The second kappa shape index (κ2) is 8.52. The van der Waals surface area contributed by atoms with Crippen LogP contribution in [-0.2, 0) is 11.3 Å². The van der Waals surface area contributed by atoms with E-state index in [0.29, 0.717) is 5.92 Å². The Morgan fingerprint density at radius 1 is 1.40 bits per heavy atom. The van der Waals surface area contributed by atoms with E-state index < -0.39 is 5.60 Å². The lowest BCUT2D eigenvalue weighted by Gasteiger charge is -2.34. The number of carbonyl (C=O) groups is 1. The molecule has 0 saturated carbocycles. The predicted octanol–water partition coefficient (Wildman–Crippen LogP) is 2.88. The van der Waals surface area contributed by atoms with Gasteiger partial charge >= 0.3 is 6.09 Å². The van der Waals surface area contributed by atoms with E-state index in [9.17, 15) is 4.79 Å². The highest BCUT2D eigenvalue weighted by Gasteiger charge is 2.27. The second-order valence-corrected chi connectivity index (χ2v) is 7.98. The zero-order valence-corrected chi connectivity index (χ0v) is 16.2. The maximum atomic E-state index is 12.2. The number of likely N-dealkylation sites (tertiary alicyclic amines) is 1. The average Bonchev–Trinajstić information content (AvgIpc) is 2.54. The van der Waals surface area contributed by atoms with Gasteiger partial charge in [-0.05, 0) is 57.7 Å². The predicted molar refractivity (Wildman–Crippen MR) is 101 cm³/mol. The molecule has 2 heterocycles. The van der Waals surface area contributed by atoms with E-state index in [1.54, 1.807) is 0 Å². The normalized spacial score (nSPS) is 18.1. The summed E-state index contributed by atoms with van der Waals surface area (Å²) in [7, 11) is 3.97. The molecule has 6 heteroatoms. The topological polar surface area (TPSA) is 57.7 Å². The van der Waals surface area contributed by atoms with Crippen molar-refractivity contribution in [3.05, 3.63) is 23.9 Å². The van der Waals surface area contributed by atoms with Gasteiger partial charge < -0.3 is 19.9 Å². The van der Waals surface area contributed by atoms with Crippen LogP contribution in [0.25, 0.3) is 0 Å². The number of nitrogens with zero attached hydrogens (tertiary/aromatic N) is 3. The van der Waals surface area contributed by atoms with E-state index in [0.717, 1.165) is 44.8 Å². The monoisotopic (exact) mass is 348 g/mol. The van der Waals surface area contributed by atoms with Crippen molar-refractivity contribution in [2.45, 2.75) is 45.8 Å². The molecule has 1 unspecified atom stereocenters.